The Labute approximate surface area is 153 Å². The first-order valence-corrected chi connectivity index (χ1v) is 9.13. The molecule has 1 amide bonds. The highest BCUT2D eigenvalue weighted by Gasteiger charge is 2.39. The van der Waals surface area contributed by atoms with Crippen LogP contribution in [0.1, 0.15) is 68.2 Å². The van der Waals surface area contributed by atoms with E-state index in [1.807, 2.05) is 27.7 Å². The van der Waals surface area contributed by atoms with E-state index in [0.29, 0.717) is 38.0 Å². The summed E-state index contributed by atoms with van der Waals surface area (Å²) >= 11 is 0. The molecule has 0 aliphatic carbocycles. The van der Waals surface area contributed by atoms with Crippen molar-refractivity contribution >= 4 is 12.1 Å². The van der Waals surface area contributed by atoms with Crippen LogP contribution >= 0.6 is 0 Å². The first kappa shape index (κ1) is 23.7. The van der Waals surface area contributed by atoms with Gasteiger partial charge in [-0.15, -0.1) is 0 Å². The van der Waals surface area contributed by atoms with Crippen molar-refractivity contribution in [1.29, 1.82) is 0 Å². The Morgan fingerprint density at radius 3 is 1.76 bits per heavy atom. The summed E-state index contributed by atoms with van der Waals surface area (Å²) in [5, 5.41) is 3.31. The Morgan fingerprint density at radius 1 is 1.04 bits per heavy atom. The average Bonchev–Trinajstić information content (AvgIpc) is 2.44. The fourth-order valence-corrected chi connectivity index (χ4v) is 2.63. The van der Waals surface area contributed by atoms with E-state index in [0.717, 1.165) is 0 Å². The van der Waals surface area contributed by atoms with Crippen LogP contribution in [0.4, 0.5) is 4.79 Å². The van der Waals surface area contributed by atoms with E-state index in [1.165, 1.54) is 7.11 Å². The standard InChI is InChI=1S/C13H23NO4.C6H15N/c1-12(2,3)18-11(16)14-8-6-13(4,7-9-14)10(15)17-5;1-5(2)7-6(3)4/h6-9H2,1-5H3;5-7H,1-4H3. The molecule has 0 spiro atoms. The van der Waals surface area contributed by atoms with Gasteiger partial charge in [-0.1, -0.05) is 27.7 Å². The summed E-state index contributed by atoms with van der Waals surface area (Å²) in [6.45, 7) is 17.1. The van der Waals surface area contributed by atoms with Crippen LogP contribution in [0.15, 0.2) is 0 Å². The molecule has 0 radical (unpaired) electrons. The van der Waals surface area contributed by atoms with Crippen molar-refractivity contribution in [3.63, 3.8) is 0 Å². The molecule has 1 fully saturated rings. The van der Waals surface area contributed by atoms with Crippen LogP contribution in [-0.4, -0.2) is 54.8 Å². The zero-order valence-electron chi connectivity index (χ0n) is 17.6. The minimum atomic E-state index is -0.486. The molecule has 1 aliphatic rings. The summed E-state index contributed by atoms with van der Waals surface area (Å²) in [7, 11) is 1.40. The summed E-state index contributed by atoms with van der Waals surface area (Å²) in [5.74, 6) is -0.202. The average molecular weight is 359 g/mol. The number of esters is 1. The number of nitrogens with one attached hydrogen (secondary N) is 1. The lowest BCUT2D eigenvalue weighted by molar-refractivity contribution is -0.154. The van der Waals surface area contributed by atoms with Crippen LogP contribution in [-0.2, 0) is 14.3 Å². The molecule has 6 heteroatoms. The maximum Gasteiger partial charge on any atom is 0.410 e. The molecule has 1 heterocycles. The van der Waals surface area contributed by atoms with Crippen LogP contribution in [0.3, 0.4) is 0 Å². The molecule has 0 atom stereocenters. The third-order valence-electron chi connectivity index (χ3n) is 3.86. The van der Waals surface area contributed by atoms with E-state index in [1.54, 1.807) is 4.90 Å². The Balaban J connectivity index is 0.000000697. The molecule has 0 bridgehead atoms. The lowest BCUT2D eigenvalue weighted by Gasteiger charge is -2.37. The molecule has 0 aromatic heterocycles. The summed E-state index contributed by atoms with van der Waals surface area (Å²) < 4.78 is 10.1. The van der Waals surface area contributed by atoms with Gasteiger partial charge in [0.05, 0.1) is 12.5 Å². The van der Waals surface area contributed by atoms with Crippen molar-refractivity contribution in [2.24, 2.45) is 5.41 Å². The number of likely N-dealkylation sites (tertiary alicyclic amines) is 1. The van der Waals surface area contributed by atoms with Gasteiger partial charge >= 0.3 is 12.1 Å². The Hall–Kier alpha value is -1.30. The van der Waals surface area contributed by atoms with Crippen molar-refractivity contribution in [2.75, 3.05) is 20.2 Å². The van der Waals surface area contributed by atoms with Gasteiger partial charge in [0.15, 0.2) is 0 Å². The van der Waals surface area contributed by atoms with Gasteiger partial charge in [0.1, 0.15) is 5.60 Å². The molecule has 25 heavy (non-hydrogen) atoms. The predicted molar refractivity (Wildman–Crippen MR) is 101 cm³/mol. The van der Waals surface area contributed by atoms with Crippen LogP contribution in [0.2, 0.25) is 0 Å². The maximum atomic E-state index is 11.9. The molecular formula is C19H38N2O4. The van der Waals surface area contributed by atoms with Gasteiger partial charge in [0.2, 0.25) is 0 Å². The molecule has 0 aromatic rings. The summed E-state index contributed by atoms with van der Waals surface area (Å²) in [5.41, 5.74) is -0.965. The van der Waals surface area contributed by atoms with Gasteiger partial charge in [-0.2, -0.15) is 0 Å². The van der Waals surface area contributed by atoms with Crippen molar-refractivity contribution in [3.8, 4) is 0 Å². The molecule has 1 rings (SSSR count). The number of piperidine rings is 1. The van der Waals surface area contributed by atoms with E-state index in [9.17, 15) is 9.59 Å². The number of carbonyl (C=O) groups excluding carboxylic acids is 2. The van der Waals surface area contributed by atoms with Crippen LogP contribution < -0.4 is 5.32 Å². The lowest BCUT2D eigenvalue weighted by Crippen LogP contribution is -2.47. The molecular weight excluding hydrogens is 320 g/mol. The first-order chi connectivity index (χ1) is 11.3. The third-order valence-corrected chi connectivity index (χ3v) is 3.86. The molecule has 1 N–H and O–H groups in total. The molecule has 1 saturated heterocycles. The Kier molecular flexibility index (Phi) is 9.48. The highest BCUT2D eigenvalue weighted by molar-refractivity contribution is 5.77. The zero-order chi connectivity index (χ0) is 19.8. The van der Waals surface area contributed by atoms with Crippen LogP contribution in [0.5, 0.6) is 0 Å². The number of carbonyl (C=O) groups is 2. The van der Waals surface area contributed by atoms with E-state index in [4.69, 9.17) is 9.47 Å². The number of methoxy groups -OCH3 is 1. The summed E-state index contributed by atoms with van der Waals surface area (Å²) in [6, 6.07) is 1.25. The smallest absolute Gasteiger partial charge is 0.410 e. The topological polar surface area (TPSA) is 67.9 Å². The monoisotopic (exact) mass is 358 g/mol. The summed E-state index contributed by atoms with van der Waals surface area (Å²) in [6.07, 6.45) is 0.909. The van der Waals surface area contributed by atoms with E-state index in [2.05, 4.69) is 33.0 Å². The number of hydrogen-bond acceptors (Lipinski definition) is 5. The van der Waals surface area contributed by atoms with Crippen molar-refractivity contribution < 1.29 is 19.1 Å². The second-order valence-electron chi connectivity index (χ2n) is 8.50. The lowest BCUT2D eigenvalue weighted by atomic mass is 9.80. The van der Waals surface area contributed by atoms with Gasteiger partial charge in [-0.05, 0) is 40.5 Å². The second kappa shape index (κ2) is 10.00. The normalized spacial score (nSPS) is 17.0. The largest absolute Gasteiger partial charge is 0.469 e. The van der Waals surface area contributed by atoms with Crippen molar-refractivity contribution in [1.82, 2.24) is 10.2 Å². The van der Waals surface area contributed by atoms with Gasteiger partial charge in [-0.3, -0.25) is 4.79 Å². The van der Waals surface area contributed by atoms with E-state index < -0.39 is 11.0 Å². The van der Waals surface area contributed by atoms with Gasteiger partial charge < -0.3 is 19.7 Å². The fraction of sp³-hybridized carbons (Fsp3) is 0.895. The minimum absolute atomic E-state index is 0.202. The maximum absolute atomic E-state index is 11.9. The number of ether oxygens (including phenoxy) is 2. The quantitative estimate of drug-likeness (QED) is 0.781. The molecule has 0 aromatic carbocycles. The SMILES string of the molecule is CC(C)NC(C)C.COC(=O)C1(C)CCN(C(=O)OC(C)(C)C)CC1. The minimum Gasteiger partial charge on any atom is -0.469 e. The highest BCUT2D eigenvalue weighted by atomic mass is 16.6. The van der Waals surface area contributed by atoms with E-state index in [-0.39, 0.29) is 12.1 Å². The van der Waals surface area contributed by atoms with Crippen LogP contribution in [0.25, 0.3) is 0 Å². The van der Waals surface area contributed by atoms with Gasteiger partial charge in [-0.25, -0.2) is 4.79 Å². The zero-order valence-corrected chi connectivity index (χ0v) is 17.6. The fourth-order valence-electron chi connectivity index (χ4n) is 2.63. The Morgan fingerprint density at radius 2 is 1.48 bits per heavy atom. The second-order valence-corrected chi connectivity index (χ2v) is 8.50. The molecule has 0 saturated carbocycles. The van der Waals surface area contributed by atoms with E-state index >= 15 is 0 Å². The number of nitrogens with zero attached hydrogens (tertiary/aromatic N) is 1. The number of rotatable bonds is 3. The number of hydrogen-bond donors (Lipinski definition) is 1. The van der Waals surface area contributed by atoms with Gasteiger partial charge in [0, 0.05) is 25.2 Å². The van der Waals surface area contributed by atoms with Gasteiger partial charge in [0.25, 0.3) is 0 Å². The first-order valence-electron chi connectivity index (χ1n) is 9.13. The predicted octanol–water partition coefficient (Wildman–Crippen LogP) is 3.59. The molecule has 0 unspecified atom stereocenters. The number of amides is 1. The molecule has 148 valence electrons. The van der Waals surface area contributed by atoms with Crippen LogP contribution in [0, 0.1) is 5.41 Å². The van der Waals surface area contributed by atoms with Crippen molar-refractivity contribution in [3.05, 3.63) is 0 Å². The molecule has 1 aliphatic heterocycles. The highest BCUT2D eigenvalue weighted by Crippen LogP contribution is 2.32. The summed E-state index contributed by atoms with van der Waals surface area (Å²) in [4.78, 5) is 25.1. The third kappa shape index (κ3) is 9.68. The van der Waals surface area contributed by atoms with Crippen molar-refractivity contribution in [2.45, 2.75) is 85.9 Å². The Bertz CT molecular complexity index is 414. The molecule has 6 nitrogen and oxygen atoms in total.